The highest BCUT2D eigenvalue weighted by atomic mass is 16.5. The zero-order chi connectivity index (χ0) is 33.2. The number of ether oxygens (including phenoxy) is 1. The number of hydrogen-bond acceptors (Lipinski definition) is 6. The lowest BCUT2D eigenvalue weighted by molar-refractivity contribution is -0.138. The molecule has 12 heteroatoms. The van der Waals surface area contributed by atoms with Crippen LogP contribution in [0.4, 0.5) is 21.9 Å². The van der Waals surface area contributed by atoms with Gasteiger partial charge in [0.15, 0.2) is 0 Å². The number of nitrogens with zero attached hydrogens (tertiary/aromatic N) is 1. The summed E-state index contributed by atoms with van der Waals surface area (Å²) in [5.41, 5.74) is 4.94. The van der Waals surface area contributed by atoms with E-state index < -0.39 is 29.9 Å². The van der Waals surface area contributed by atoms with Gasteiger partial charge in [0.25, 0.3) is 0 Å². The summed E-state index contributed by atoms with van der Waals surface area (Å²) in [7, 11) is 1.49. The molecule has 4 amide bonds. The smallest absolute Gasteiger partial charge is 0.323 e. The number of rotatable bonds is 13. The third-order valence-electron chi connectivity index (χ3n) is 7.70. The molecule has 1 atom stereocenters. The molecule has 0 aliphatic carbocycles. The summed E-state index contributed by atoms with van der Waals surface area (Å²) in [4.78, 5) is 62.6. The van der Waals surface area contributed by atoms with Crippen molar-refractivity contribution in [2.45, 2.75) is 57.9 Å². The number of carboxylic acids is 2. The molecule has 1 aliphatic heterocycles. The maximum absolute atomic E-state index is 13.5. The monoisotopic (exact) mass is 630 g/mol. The lowest BCUT2D eigenvalue weighted by atomic mass is 9.94. The van der Waals surface area contributed by atoms with Gasteiger partial charge in [-0.05, 0) is 72.7 Å². The van der Waals surface area contributed by atoms with Crippen molar-refractivity contribution in [1.29, 1.82) is 0 Å². The van der Waals surface area contributed by atoms with Gasteiger partial charge in [0.05, 0.1) is 31.7 Å². The van der Waals surface area contributed by atoms with Crippen molar-refractivity contribution in [2.75, 3.05) is 29.2 Å². The van der Waals surface area contributed by atoms with Crippen molar-refractivity contribution in [3.63, 3.8) is 0 Å². The minimum Gasteiger partial charge on any atom is -0.495 e. The minimum atomic E-state index is -1.09. The molecule has 0 spiro atoms. The molecule has 4 rings (SSSR count). The summed E-state index contributed by atoms with van der Waals surface area (Å²) in [5, 5.41) is 26.6. The molecule has 5 N–H and O–H groups in total. The Hall–Kier alpha value is -5.39. The van der Waals surface area contributed by atoms with Gasteiger partial charge in [-0.15, -0.1) is 0 Å². The van der Waals surface area contributed by atoms with Crippen LogP contribution >= 0.6 is 0 Å². The second-order valence-electron chi connectivity index (χ2n) is 11.1. The maximum Gasteiger partial charge on any atom is 0.323 e. The number of benzene rings is 3. The van der Waals surface area contributed by atoms with Crippen LogP contribution in [0.1, 0.15) is 60.4 Å². The van der Waals surface area contributed by atoms with Gasteiger partial charge in [-0.1, -0.05) is 36.4 Å². The van der Waals surface area contributed by atoms with Crippen molar-refractivity contribution in [3.05, 3.63) is 82.9 Å². The Balaban J connectivity index is 1.44. The zero-order valence-corrected chi connectivity index (χ0v) is 25.8. The maximum atomic E-state index is 13.5. The van der Waals surface area contributed by atoms with Crippen LogP contribution in [0, 0.1) is 6.92 Å². The van der Waals surface area contributed by atoms with Gasteiger partial charge in [-0.3, -0.25) is 19.2 Å². The van der Waals surface area contributed by atoms with Crippen LogP contribution in [-0.4, -0.2) is 53.7 Å². The molecule has 242 valence electrons. The number of aliphatic carboxylic acids is 2. The fraction of sp³-hybridized carbons (Fsp3) is 0.324. The van der Waals surface area contributed by atoms with E-state index in [-0.39, 0.29) is 38.0 Å². The number of para-hydroxylation sites is 1. The van der Waals surface area contributed by atoms with Gasteiger partial charge in [-0.25, -0.2) is 4.79 Å². The number of fused-ring (bicyclic) bond motifs is 1. The lowest BCUT2D eigenvalue weighted by Crippen LogP contribution is -2.37. The van der Waals surface area contributed by atoms with Gasteiger partial charge >= 0.3 is 18.0 Å². The van der Waals surface area contributed by atoms with E-state index in [0.717, 1.165) is 16.8 Å². The van der Waals surface area contributed by atoms with Crippen LogP contribution in [0.2, 0.25) is 0 Å². The van der Waals surface area contributed by atoms with E-state index in [1.54, 1.807) is 41.3 Å². The molecule has 0 bridgehead atoms. The average molecular weight is 631 g/mol. The first-order chi connectivity index (χ1) is 22.0. The molecule has 3 aromatic carbocycles. The first kappa shape index (κ1) is 33.5. The van der Waals surface area contributed by atoms with Crippen LogP contribution in [0.15, 0.2) is 60.7 Å². The fourth-order valence-corrected chi connectivity index (χ4v) is 5.39. The predicted octanol–water partition coefficient (Wildman–Crippen LogP) is 5.06. The highest BCUT2D eigenvalue weighted by Crippen LogP contribution is 2.32. The Morgan fingerprint density at radius 2 is 1.67 bits per heavy atom. The normalized spacial score (nSPS) is 12.8. The molecule has 0 radical (unpaired) electrons. The molecule has 0 aromatic heterocycles. The van der Waals surface area contributed by atoms with E-state index >= 15 is 0 Å². The number of aryl methyl sites for hydroxylation is 2. The van der Waals surface area contributed by atoms with Crippen LogP contribution in [0.3, 0.4) is 0 Å². The standard InChI is InChI=1S/C34H38N4O8/c1-21-7-3-4-9-25(21)36-34(45)37-26-14-12-22(17-29(26)46-2)18-31(40)38-16-6-8-24-19-23(13-15-28(24)38)27(20-33(43)44)35-30(39)10-5-11-32(41)42/h3-4,7,9,12-15,17,19,27H,5-6,8,10-11,16,18,20H2,1-2H3,(H,35,39)(H,41,42)(H,43,44)(H2,36,37,45). The van der Waals surface area contributed by atoms with Crippen LogP contribution in [0.25, 0.3) is 0 Å². The summed E-state index contributed by atoms with van der Waals surface area (Å²) in [5.74, 6) is -2.25. The van der Waals surface area contributed by atoms with E-state index in [9.17, 15) is 29.1 Å². The summed E-state index contributed by atoms with van der Waals surface area (Å²) in [6.07, 6.45) is 1.09. The molecule has 0 saturated carbocycles. The van der Waals surface area contributed by atoms with Crippen LogP contribution in [0.5, 0.6) is 5.75 Å². The van der Waals surface area contributed by atoms with Crippen molar-refractivity contribution < 1.29 is 38.9 Å². The van der Waals surface area contributed by atoms with E-state index in [0.29, 0.717) is 47.6 Å². The molecular weight excluding hydrogens is 592 g/mol. The quantitative estimate of drug-likeness (QED) is 0.174. The Labute approximate surface area is 266 Å². The molecule has 3 aromatic rings. The van der Waals surface area contributed by atoms with Gasteiger partial charge in [0, 0.05) is 30.8 Å². The number of nitrogens with one attached hydrogen (secondary N) is 3. The number of hydrogen-bond donors (Lipinski definition) is 5. The van der Waals surface area contributed by atoms with Gasteiger partial charge < -0.3 is 35.8 Å². The highest BCUT2D eigenvalue weighted by molar-refractivity contribution is 6.01. The molecular formula is C34H38N4O8. The molecule has 1 unspecified atom stereocenters. The number of carboxylic acid groups (broad SMARTS) is 2. The first-order valence-electron chi connectivity index (χ1n) is 15.0. The molecule has 1 heterocycles. The number of anilines is 3. The van der Waals surface area contributed by atoms with Crippen molar-refractivity contribution in [1.82, 2.24) is 5.32 Å². The summed E-state index contributed by atoms with van der Waals surface area (Å²) >= 11 is 0. The molecule has 46 heavy (non-hydrogen) atoms. The van der Waals surface area contributed by atoms with Crippen LogP contribution in [-0.2, 0) is 32.0 Å². The largest absolute Gasteiger partial charge is 0.495 e. The van der Waals surface area contributed by atoms with Gasteiger partial charge in [-0.2, -0.15) is 0 Å². The zero-order valence-electron chi connectivity index (χ0n) is 25.8. The lowest BCUT2D eigenvalue weighted by Gasteiger charge is -2.31. The van der Waals surface area contributed by atoms with Crippen LogP contribution < -0.4 is 25.6 Å². The van der Waals surface area contributed by atoms with Crippen molar-refractivity contribution >= 4 is 46.8 Å². The van der Waals surface area contributed by atoms with E-state index in [1.165, 1.54) is 7.11 Å². The number of carbonyl (C=O) groups is 5. The molecule has 12 nitrogen and oxygen atoms in total. The Bertz CT molecular complexity index is 1620. The second kappa shape index (κ2) is 15.6. The van der Waals surface area contributed by atoms with Gasteiger partial charge in [0.1, 0.15) is 5.75 Å². The van der Waals surface area contributed by atoms with E-state index in [4.69, 9.17) is 9.84 Å². The molecule has 1 aliphatic rings. The Kier molecular flexibility index (Phi) is 11.3. The van der Waals surface area contributed by atoms with E-state index in [2.05, 4.69) is 16.0 Å². The van der Waals surface area contributed by atoms with Gasteiger partial charge in [0.2, 0.25) is 11.8 Å². The van der Waals surface area contributed by atoms with E-state index in [1.807, 2.05) is 31.2 Å². The number of methoxy groups -OCH3 is 1. The first-order valence-corrected chi connectivity index (χ1v) is 15.0. The fourth-order valence-electron chi connectivity index (χ4n) is 5.39. The SMILES string of the molecule is COc1cc(CC(=O)N2CCCc3cc(C(CC(=O)O)NC(=O)CCCC(=O)O)ccc32)ccc1NC(=O)Nc1ccccc1C. The predicted molar refractivity (Wildman–Crippen MR) is 172 cm³/mol. The second-order valence-corrected chi connectivity index (χ2v) is 11.1. The molecule has 0 saturated heterocycles. The van der Waals surface area contributed by atoms with Crippen molar-refractivity contribution in [3.8, 4) is 5.75 Å². The number of urea groups is 1. The Morgan fingerprint density at radius 1 is 0.913 bits per heavy atom. The summed E-state index contributed by atoms with van der Waals surface area (Å²) in [6.45, 7) is 2.41. The number of amides is 4. The Morgan fingerprint density at radius 3 is 2.39 bits per heavy atom. The summed E-state index contributed by atoms with van der Waals surface area (Å²) in [6, 6.07) is 16.7. The minimum absolute atomic E-state index is 0.0297. The third-order valence-corrected chi connectivity index (χ3v) is 7.70. The van der Waals surface area contributed by atoms with Crippen molar-refractivity contribution in [2.24, 2.45) is 0 Å². The average Bonchev–Trinajstić information content (AvgIpc) is 3.01. The highest BCUT2D eigenvalue weighted by Gasteiger charge is 2.26. The number of carbonyl (C=O) groups excluding carboxylic acids is 3. The third kappa shape index (κ3) is 9.07. The summed E-state index contributed by atoms with van der Waals surface area (Å²) < 4.78 is 5.50. The molecule has 0 fully saturated rings. The topological polar surface area (TPSA) is 174 Å².